The minimum absolute atomic E-state index is 0.00619. The van der Waals surface area contributed by atoms with Gasteiger partial charge in [0.25, 0.3) is 0 Å². The van der Waals surface area contributed by atoms with Gasteiger partial charge >= 0.3 is 0 Å². The van der Waals surface area contributed by atoms with Crippen LogP contribution in [0.5, 0.6) is 0 Å². The van der Waals surface area contributed by atoms with Crippen LogP contribution in [0.15, 0.2) is 30.3 Å². The fourth-order valence-electron chi connectivity index (χ4n) is 3.49. The average molecular weight is 344 g/mol. The maximum absolute atomic E-state index is 12.6. The van der Waals surface area contributed by atoms with Crippen molar-refractivity contribution in [1.29, 1.82) is 0 Å². The highest BCUT2D eigenvalue weighted by atomic mass is 16.2. The third kappa shape index (κ3) is 4.17. The highest BCUT2D eigenvalue weighted by molar-refractivity contribution is 5.90. The Morgan fingerprint density at radius 1 is 1.12 bits per heavy atom. The summed E-state index contributed by atoms with van der Waals surface area (Å²) in [5.74, 6) is -0.691. The molecule has 2 aliphatic rings. The van der Waals surface area contributed by atoms with Crippen LogP contribution < -0.4 is 5.73 Å². The van der Waals surface area contributed by atoms with Gasteiger partial charge in [0.2, 0.25) is 17.7 Å². The Bertz CT molecular complexity index is 649. The van der Waals surface area contributed by atoms with E-state index in [2.05, 4.69) is 4.90 Å². The Balaban J connectivity index is 1.62. The molecule has 1 aromatic rings. The lowest BCUT2D eigenvalue weighted by atomic mass is 10.1. The van der Waals surface area contributed by atoms with E-state index in [1.807, 2.05) is 30.3 Å². The molecule has 0 aromatic heterocycles. The molecule has 3 rings (SSSR count). The molecule has 0 bridgehead atoms. The second-order valence-electron chi connectivity index (χ2n) is 6.64. The Hall–Kier alpha value is -2.41. The number of nitrogens with two attached hydrogens (primary N) is 1. The minimum Gasteiger partial charge on any atom is -0.368 e. The molecule has 1 atom stereocenters. The van der Waals surface area contributed by atoms with Crippen molar-refractivity contribution in [1.82, 2.24) is 14.7 Å². The summed E-state index contributed by atoms with van der Waals surface area (Å²) in [5, 5.41) is 0. The summed E-state index contributed by atoms with van der Waals surface area (Å²) in [5.41, 5.74) is 6.71. The van der Waals surface area contributed by atoms with Crippen molar-refractivity contribution < 1.29 is 14.4 Å². The lowest BCUT2D eigenvalue weighted by molar-refractivity contribution is -0.145. The summed E-state index contributed by atoms with van der Waals surface area (Å²) in [6.07, 6.45) is 1.29. The molecule has 7 nitrogen and oxygen atoms in total. The van der Waals surface area contributed by atoms with Gasteiger partial charge in [0.1, 0.15) is 6.04 Å². The lowest BCUT2D eigenvalue weighted by Gasteiger charge is -2.40. The molecule has 3 amide bonds. The van der Waals surface area contributed by atoms with Gasteiger partial charge in [0.15, 0.2) is 0 Å². The van der Waals surface area contributed by atoms with Gasteiger partial charge in [-0.05, 0) is 12.0 Å². The second kappa shape index (κ2) is 7.65. The molecule has 0 saturated carbocycles. The van der Waals surface area contributed by atoms with Crippen molar-refractivity contribution in [3.8, 4) is 0 Å². The summed E-state index contributed by atoms with van der Waals surface area (Å²) in [6, 6.07) is 9.35. The van der Waals surface area contributed by atoms with Crippen LogP contribution >= 0.6 is 0 Å². The number of carbonyl (C=O) groups is 3. The van der Waals surface area contributed by atoms with Crippen LogP contribution in [0.3, 0.4) is 0 Å². The molecule has 2 fully saturated rings. The zero-order chi connectivity index (χ0) is 17.8. The number of amides is 3. The molecule has 0 aliphatic carbocycles. The van der Waals surface area contributed by atoms with Crippen LogP contribution in [-0.2, 0) is 20.9 Å². The zero-order valence-electron chi connectivity index (χ0n) is 14.3. The molecular formula is C18H24N4O3. The van der Waals surface area contributed by atoms with Gasteiger partial charge in [-0.2, -0.15) is 0 Å². The van der Waals surface area contributed by atoms with Crippen LogP contribution in [0.1, 0.15) is 18.4 Å². The van der Waals surface area contributed by atoms with Gasteiger partial charge in [-0.25, -0.2) is 0 Å². The van der Waals surface area contributed by atoms with E-state index in [1.54, 1.807) is 4.90 Å². The third-order valence-electron chi connectivity index (χ3n) is 4.86. The smallest absolute Gasteiger partial charge is 0.242 e. The molecule has 2 heterocycles. The highest BCUT2D eigenvalue weighted by Gasteiger charge is 2.35. The minimum atomic E-state index is -0.650. The predicted octanol–water partition coefficient (Wildman–Crippen LogP) is -0.193. The van der Waals surface area contributed by atoms with E-state index >= 15 is 0 Å². The molecule has 134 valence electrons. The molecule has 2 aliphatic heterocycles. The first-order valence-electron chi connectivity index (χ1n) is 8.67. The molecular weight excluding hydrogens is 320 g/mol. The third-order valence-corrected chi connectivity index (χ3v) is 4.86. The highest BCUT2D eigenvalue weighted by Crippen LogP contribution is 2.16. The lowest BCUT2D eigenvalue weighted by Crippen LogP contribution is -2.61. The predicted molar refractivity (Wildman–Crippen MR) is 92.2 cm³/mol. The summed E-state index contributed by atoms with van der Waals surface area (Å²) in [6.45, 7) is 2.92. The molecule has 0 radical (unpaired) electrons. The van der Waals surface area contributed by atoms with E-state index in [0.717, 1.165) is 18.5 Å². The molecule has 2 N–H and O–H groups in total. The number of hydrogen-bond donors (Lipinski definition) is 1. The van der Waals surface area contributed by atoms with E-state index in [1.165, 1.54) is 4.90 Å². The van der Waals surface area contributed by atoms with Crippen LogP contribution in [0.2, 0.25) is 0 Å². The second-order valence-corrected chi connectivity index (χ2v) is 6.64. The fraction of sp³-hybridized carbons (Fsp3) is 0.500. The van der Waals surface area contributed by atoms with Crippen molar-refractivity contribution >= 4 is 17.7 Å². The first-order chi connectivity index (χ1) is 12.0. The quantitative estimate of drug-likeness (QED) is 0.802. The number of nitrogens with zero attached hydrogens (tertiary/aromatic N) is 3. The first-order valence-corrected chi connectivity index (χ1v) is 8.67. The number of benzene rings is 1. The maximum Gasteiger partial charge on any atom is 0.242 e. The van der Waals surface area contributed by atoms with E-state index < -0.39 is 11.9 Å². The molecule has 2 saturated heterocycles. The number of hydrogen-bond acceptors (Lipinski definition) is 4. The Morgan fingerprint density at radius 3 is 2.52 bits per heavy atom. The van der Waals surface area contributed by atoms with Crippen LogP contribution in [0, 0.1) is 0 Å². The van der Waals surface area contributed by atoms with Crippen molar-refractivity contribution in [2.45, 2.75) is 25.4 Å². The Kier molecular flexibility index (Phi) is 5.33. The fourth-order valence-corrected chi connectivity index (χ4v) is 3.49. The van der Waals surface area contributed by atoms with Crippen molar-refractivity contribution in [3.05, 3.63) is 35.9 Å². The molecule has 0 spiro atoms. The first kappa shape index (κ1) is 17.4. The molecule has 7 heteroatoms. The van der Waals surface area contributed by atoms with Crippen molar-refractivity contribution in [2.24, 2.45) is 5.73 Å². The van der Waals surface area contributed by atoms with E-state index in [4.69, 9.17) is 5.73 Å². The normalized spacial score (nSPS) is 21.6. The Labute approximate surface area is 147 Å². The van der Waals surface area contributed by atoms with Gasteiger partial charge in [-0.15, -0.1) is 0 Å². The molecule has 25 heavy (non-hydrogen) atoms. The topological polar surface area (TPSA) is 87.0 Å². The van der Waals surface area contributed by atoms with Gasteiger partial charge in [0, 0.05) is 39.1 Å². The zero-order valence-corrected chi connectivity index (χ0v) is 14.3. The van der Waals surface area contributed by atoms with E-state index in [-0.39, 0.29) is 18.4 Å². The van der Waals surface area contributed by atoms with E-state index in [9.17, 15) is 14.4 Å². The van der Waals surface area contributed by atoms with Gasteiger partial charge in [-0.3, -0.25) is 19.3 Å². The number of piperazine rings is 1. The van der Waals surface area contributed by atoms with Gasteiger partial charge in [0.05, 0.1) is 6.54 Å². The summed E-state index contributed by atoms with van der Waals surface area (Å²) in [4.78, 5) is 41.4. The van der Waals surface area contributed by atoms with Gasteiger partial charge in [-0.1, -0.05) is 30.3 Å². The Morgan fingerprint density at radius 2 is 1.88 bits per heavy atom. The monoisotopic (exact) mass is 344 g/mol. The van der Waals surface area contributed by atoms with Crippen molar-refractivity contribution in [2.75, 3.05) is 32.7 Å². The standard InChI is InChI=1S/C18H24N4O3/c19-18(25)15-12-20(11-14-5-2-1-3-6-14)9-10-22(15)17(24)13-21-8-4-7-16(21)23/h1-3,5-6,15H,4,7-13H2,(H2,19,25). The number of primary amides is 1. The summed E-state index contributed by atoms with van der Waals surface area (Å²) >= 11 is 0. The molecule has 1 aromatic carbocycles. The van der Waals surface area contributed by atoms with Gasteiger partial charge < -0.3 is 15.5 Å². The summed E-state index contributed by atoms with van der Waals surface area (Å²) in [7, 11) is 0. The van der Waals surface area contributed by atoms with Crippen LogP contribution in [0.4, 0.5) is 0 Å². The van der Waals surface area contributed by atoms with Crippen molar-refractivity contribution in [3.63, 3.8) is 0 Å². The number of rotatable bonds is 5. The number of carbonyl (C=O) groups excluding carboxylic acids is 3. The maximum atomic E-state index is 12.6. The largest absolute Gasteiger partial charge is 0.368 e. The average Bonchev–Trinajstić information content (AvgIpc) is 3.00. The molecule has 1 unspecified atom stereocenters. The van der Waals surface area contributed by atoms with E-state index in [0.29, 0.717) is 32.6 Å². The van der Waals surface area contributed by atoms with Crippen LogP contribution in [0.25, 0.3) is 0 Å². The summed E-state index contributed by atoms with van der Waals surface area (Å²) < 4.78 is 0. The SMILES string of the molecule is NC(=O)C1CN(Cc2ccccc2)CCN1C(=O)CN1CCCC1=O. The number of likely N-dealkylation sites (tertiary alicyclic amines) is 1. The van der Waals surface area contributed by atoms with Crippen LogP contribution in [-0.4, -0.2) is 71.2 Å².